The van der Waals surface area contributed by atoms with Crippen LogP contribution in [0.4, 0.5) is 0 Å². The molecule has 0 amide bonds. The number of halogens is 1. The number of unbranched alkanes of at least 4 members (excludes halogenated alkanes) is 26. The van der Waals surface area contributed by atoms with E-state index in [0.717, 1.165) is 31.2 Å². The molecule has 1 N–H and O–H groups in total. The Hall–Kier alpha value is 0.400. The van der Waals surface area contributed by atoms with Crippen LogP contribution >= 0.6 is 15.9 Å². The summed E-state index contributed by atoms with van der Waals surface area (Å²) in [5, 5.41) is 11.3. The van der Waals surface area contributed by atoms with Crippen molar-refractivity contribution in [1.29, 1.82) is 0 Å². The number of ether oxygens (including phenoxy) is 1. The van der Waals surface area contributed by atoms with Gasteiger partial charge in [0.15, 0.2) is 0 Å². The predicted octanol–water partition coefficient (Wildman–Crippen LogP) is 12.5. The highest BCUT2D eigenvalue weighted by Gasteiger charge is 2.18. The lowest BCUT2D eigenvalue weighted by molar-refractivity contribution is -0.0283. The van der Waals surface area contributed by atoms with Crippen LogP contribution in [0.2, 0.25) is 0 Å². The van der Waals surface area contributed by atoms with E-state index in [-0.39, 0.29) is 12.2 Å². The standard InChI is InChI=1S/C35H71BrO2/c1-3-5-7-9-11-13-15-17-19-21-23-25-27-29-31-34(37)35(33-36)38-32-30-28-26-24-22-20-18-16-14-12-10-8-6-4-2/h34-35,37H,3-33H2,1-2H3. The molecule has 0 aliphatic carbocycles. The lowest BCUT2D eigenvalue weighted by atomic mass is 10.0. The number of rotatable bonds is 33. The Kier molecular flexibility index (Phi) is 34.0. The van der Waals surface area contributed by atoms with Gasteiger partial charge in [0.1, 0.15) is 0 Å². The summed E-state index contributed by atoms with van der Waals surface area (Å²) in [4.78, 5) is 0. The van der Waals surface area contributed by atoms with E-state index in [1.807, 2.05) is 0 Å². The first-order valence-corrected chi connectivity index (χ1v) is 18.7. The van der Waals surface area contributed by atoms with Gasteiger partial charge in [-0.3, -0.25) is 0 Å². The lowest BCUT2D eigenvalue weighted by Crippen LogP contribution is -2.31. The average Bonchev–Trinajstić information content (AvgIpc) is 2.93. The number of aliphatic hydroxyl groups excluding tert-OH is 1. The maximum atomic E-state index is 10.6. The molecule has 0 spiro atoms. The van der Waals surface area contributed by atoms with E-state index in [0.29, 0.717) is 0 Å². The first-order chi connectivity index (χ1) is 18.8. The normalized spacial score (nSPS) is 13.3. The molecule has 0 heterocycles. The second kappa shape index (κ2) is 33.6. The van der Waals surface area contributed by atoms with Crippen LogP contribution in [0.25, 0.3) is 0 Å². The van der Waals surface area contributed by atoms with Crippen LogP contribution in [0.3, 0.4) is 0 Å². The van der Waals surface area contributed by atoms with Crippen LogP contribution in [-0.4, -0.2) is 29.3 Å². The van der Waals surface area contributed by atoms with Gasteiger partial charge in [-0.05, 0) is 12.8 Å². The Labute approximate surface area is 249 Å². The molecule has 0 aliphatic rings. The van der Waals surface area contributed by atoms with Crippen LogP contribution < -0.4 is 0 Å². The van der Waals surface area contributed by atoms with Gasteiger partial charge in [-0.2, -0.15) is 0 Å². The summed E-state index contributed by atoms with van der Waals surface area (Å²) in [6.45, 7) is 5.38. The minimum atomic E-state index is -0.321. The summed E-state index contributed by atoms with van der Waals surface area (Å²) in [7, 11) is 0. The molecule has 0 bridgehead atoms. The summed E-state index contributed by atoms with van der Waals surface area (Å²) >= 11 is 3.56. The zero-order valence-electron chi connectivity index (χ0n) is 26.3. The Balaban J connectivity index is 3.39. The molecular weight excluding hydrogens is 532 g/mol. The molecule has 38 heavy (non-hydrogen) atoms. The summed E-state index contributed by atoms with van der Waals surface area (Å²) < 4.78 is 6.03. The topological polar surface area (TPSA) is 29.5 Å². The highest BCUT2D eigenvalue weighted by atomic mass is 79.9. The fourth-order valence-electron chi connectivity index (χ4n) is 5.52. The second-order valence-electron chi connectivity index (χ2n) is 12.1. The summed E-state index contributed by atoms with van der Waals surface area (Å²) in [6, 6.07) is 0. The van der Waals surface area contributed by atoms with Crippen molar-refractivity contribution in [2.24, 2.45) is 0 Å². The van der Waals surface area contributed by atoms with E-state index in [1.54, 1.807) is 0 Å². The van der Waals surface area contributed by atoms with Crippen molar-refractivity contribution >= 4 is 15.9 Å². The average molecular weight is 604 g/mol. The zero-order valence-corrected chi connectivity index (χ0v) is 27.9. The Morgan fingerprint density at radius 1 is 0.447 bits per heavy atom. The molecule has 230 valence electrons. The van der Waals surface area contributed by atoms with E-state index >= 15 is 0 Å². The minimum Gasteiger partial charge on any atom is -0.390 e. The molecule has 2 unspecified atom stereocenters. The Morgan fingerprint density at radius 3 is 1.05 bits per heavy atom. The van der Waals surface area contributed by atoms with Crippen LogP contribution in [0.1, 0.15) is 200 Å². The van der Waals surface area contributed by atoms with Gasteiger partial charge in [-0.1, -0.05) is 203 Å². The number of hydrogen-bond donors (Lipinski definition) is 1. The van der Waals surface area contributed by atoms with E-state index in [4.69, 9.17) is 4.74 Å². The van der Waals surface area contributed by atoms with E-state index in [1.165, 1.54) is 167 Å². The van der Waals surface area contributed by atoms with Gasteiger partial charge in [-0.15, -0.1) is 0 Å². The third-order valence-corrected chi connectivity index (χ3v) is 8.90. The van der Waals surface area contributed by atoms with Crippen molar-refractivity contribution in [3.63, 3.8) is 0 Å². The van der Waals surface area contributed by atoms with Gasteiger partial charge in [0.05, 0.1) is 12.2 Å². The first kappa shape index (κ1) is 38.4. The van der Waals surface area contributed by atoms with Crippen molar-refractivity contribution in [3.8, 4) is 0 Å². The molecule has 0 aromatic rings. The predicted molar refractivity (Wildman–Crippen MR) is 175 cm³/mol. The molecule has 2 nitrogen and oxygen atoms in total. The van der Waals surface area contributed by atoms with Crippen LogP contribution in [-0.2, 0) is 4.74 Å². The van der Waals surface area contributed by atoms with E-state index < -0.39 is 0 Å². The van der Waals surface area contributed by atoms with Crippen molar-refractivity contribution < 1.29 is 9.84 Å². The van der Waals surface area contributed by atoms with Gasteiger partial charge < -0.3 is 9.84 Å². The van der Waals surface area contributed by atoms with Crippen LogP contribution in [0.15, 0.2) is 0 Å². The maximum absolute atomic E-state index is 10.6. The number of hydrogen-bond acceptors (Lipinski definition) is 2. The van der Waals surface area contributed by atoms with Crippen LogP contribution in [0, 0.1) is 0 Å². The molecular formula is C35H71BrO2. The van der Waals surface area contributed by atoms with Gasteiger partial charge in [0.25, 0.3) is 0 Å². The Bertz CT molecular complexity index is 417. The van der Waals surface area contributed by atoms with Gasteiger partial charge in [0, 0.05) is 11.9 Å². The van der Waals surface area contributed by atoms with Crippen LogP contribution in [0.5, 0.6) is 0 Å². The Morgan fingerprint density at radius 2 is 0.737 bits per heavy atom. The summed E-state index contributed by atoms with van der Waals surface area (Å²) in [5.41, 5.74) is 0. The third-order valence-electron chi connectivity index (χ3n) is 8.26. The molecule has 0 saturated heterocycles. The highest BCUT2D eigenvalue weighted by molar-refractivity contribution is 9.09. The largest absolute Gasteiger partial charge is 0.390 e. The number of aliphatic hydroxyl groups is 1. The minimum absolute atomic E-state index is 0.0426. The number of alkyl halides is 1. The lowest BCUT2D eigenvalue weighted by Gasteiger charge is -2.21. The monoisotopic (exact) mass is 602 g/mol. The molecule has 0 radical (unpaired) electrons. The molecule has 0 saturated carbocycles. The van der Waals surface area contributed by atoms with Gasteiger partial charge in [-0.25, -0.2) is 0 Å². The molecule has 2 atom stereocenters. The maximum Gasteiger partial charge on any atom is 0.0930 e. The van der Waals surface area contributed by atoms with Crippen molar-refractivity contribution in [2.75, 3.05) is 11.9 Å². The molecule has 0 aromatic carbocycles. The molecule has 0 aliphatic heterocycles. The van der Waals surface area contributed by atoms with Crippen molar-refractivity contribution in [1.82, 2.24) is 0 Å². The fourth-order valence-corrected chi connectivity index (χ4v) is 6.14. The SMILES string of the molecule is CCCCCCCCCCCCCCCCOC(CBr)C(O)CCCCCCCCCCCCCCCC. The molecule has 0 aromatic heterocycles. The highest BCUT2D eigenvalue weighted by Crippen LogP contribution is 2.17. The summed E-state index contributed by atoms with van der Waals surface area (Å²) in [5.74, 6) is 0. The molecule has 0 rings (SSSR count). The van der Waals surface area contributed by atoms with E-state index in [9.17, 15) is 5.11 Å². The molecule has 0 fully saturated rings. The molecule has 3 heteroatoms. The summed E-state index contributed by atoms with van der Waals surface area (Å²) in [6.07, 6.45) is 39.1. The quantitative estimate of drug-likeness (QED) is 0.0597. The van der Waals surface area contributed by atoms with Crippen molar-refractivity contribution in [3.05, 3.63) is 0 Å². The van der Waals surface area contributed by atoms with Gasteiger partial charge >= 0.3 is 0 Å². The second-order valence-corrected chi connectivity index (χ2v) is 12.8. The van der Waals surface area contributed by atoms with Gasteiger partial charge in [0.2, 0.25) is 0 Å². The smallest absolute Gasteiger partial charge is 0.0930 e. The third kappa shape index (κ3) is 29.4. The van der Waals surface area contributed by atoms with Crippen molar-refractivity contribution in [2.45, 2.75) is 212 Å². The van der Waals surface area contributed by atoms with E-state index in [2.05, 4.69) is 29.8 Å². The fraction of sp³-hybridized carbons (Fsp3) is 1.00. The zero-order chi connectivity index (χ0) is 27.8. The first-order valence-electron chi connectivity index (χ1n) is 17.6.